The van der Waals surface area contributed by atoms with Crippen LogP contribution in [0.3, 0.4) is 0 Å². The molecule has 0 unspecified atom stereocenters. The third kappa shape index (κ3) is 3.30. The first-order valence-corrected chi connectivity index (χ1v) is 6.75. The van der Waals surface area contributed by atoms with Crippen LogP contribution in [-0.4, -0.2) is 25.2 Å². The molecule has 0 radical (unpaired) electrons. The zero-order valence-electron chi connectivity index (χ0n) is 11.1. The maximum atomic E-state index is 10.9. The summed E-state index contributed by atoms with van der Waals surface area (Å²) >= 11 is 3.32. The van der Waals surface area contributed by atoms with E-state index in [4.69, 9.17) is 9.84 Å². The van der Waals surface area contributed by atoms with E-state index in [2.05, 4.69) is 15.9 Å². The summed E-state index contributed by atoms with van der Waals surface area (Å²) in [4.78, 5) is 12.9. The van der Waals surface area contributed by atoms with Crippen molar-refractivity contribution in [3.63, 3.8) is 0 Å². The molecule has 5 heteroatoms. The minimum atomic E-state index is -0.966. The highest BCUT2D eigenvalue weighted by Crippen LogP contribution is 2.31. The zero-order chi connectivity index (χ0) is 14.7. The Hall–Kier alpha value is -2.01. The van der Waals surface area contributed by atoms with Gasteiger partial charge in [0, 0.05) is 25.8 Å². The fraction of sp³-hybridized carbons (Fsp3) is 0.133. The van der Waals surface area contributed by atoms with E-state index in [1.807, 2.05) is 43.3 Å². The molecule has 20 heavy (non-hydrogen) atoms. The molecule has 0 fully saturated rings. The van der Waals surface area contributed by atoms with Gasteiger partial charge in [-0.2, -0.15) is 0 Å². The minimum absolute atomic E-state index is 0.214. The Kier molecular flexibility index (Phi) is 4.29. The van der Waals surface area contributed by atoms with Gasteiger partial charge < -0.3 is 14.7 Å². The number of anilines is 1. The lowest BCUT2D eigenvalue weighted by Gasteiger charge is -2.14. The largest absolute Gasteiger partial charge is 0.478 e. The van der Waals surface area contributed by atoms with Gasteiger partial charge in [0.25, 0.3) is 0 Å². The molecule has 0 atom stereocenters. The van der Waals surface area contributed by atoms with Crippen molar-refractivity contribution in [3.8, 4) is 11.5 Å². The molecule has 2 aromatic rings. The van der Waals surface area contributed by atoms with Crippen molar-refractivity contribution in [3.05, 3.63) is 52.5 Å². The van der Waals surface area contributed by atoms with Crippen molar-refractivity contribution in [2.75, 3.05) is 19.0 Å². The number of aromatic carboxylic acids is 1. The molecule has 0 aromatic heterocycles. The van der Waals surface area contributed by atoms with Gasteiger partial charge in [-0.3, -0.25) is 0 Å². The molecule has 0 saturated carbocycles. The topological polar surface area (TPSA) is 49.8 Å². The number of ether oxygens (including phenoxy) is 1. The average Bonchev–Trinajstić information content (AvgIpc) is 2.41. The number of carbonyl (C=O) groups is 1. The molecule has 0 spiro atoms. The molecule has 0 aliphatic heterocycles. The molecular formula is C15H14BrNO3. The molecule has 2 rings (SSSR count). The molecule has 1 N–H and O–H groups in total. The van der Waals surface area contributed by atoms with Crippen LogP contribution in [0, 0.1) is 0 Å². The maximum absolute atomic E-state index is 10.9. The third-order valence-corrected chi connectivity index (χ3v) is 3.36. The van der Waals surface area contributed by atoms with Gasteiger partial charge in [0.1, 0.15) is 11.5 Å². The predicted molar refractivity (Wildman–Crippen MR) is 81.9 cm³/mol. The second-order valence-electron chi connectivity index (χ2n) is 4.44. The summed E-state index contributed by atoms with van der Waals surface area (Å²) in [5.74, 6) is 0.303. The van der Waals surface area contributed by atoms with Crippen molar-refractivity contribution >= 4 is 27.6 Å². The Morgan fingerprint density at radius 1 is 1.20 bits per heavy atom. The smallest absolute Gasteiger partial charge is 0.335 e. The number of carboxylic acids is 1. The number of hydrogen-bond donors (Lipinski definition) is 1. The highest BCUT2D eigenvalue weighted by molar-refractivity contribution is 9.10. The Labute approximate surface area is 125 Å². The van der Waals surface area contributed by atoms with E-state index >= 15 is 0 Å². The van der Waals surface area contributed by atoms with Crippen LogP contribution in [0.4, 0.5) is 5.69 Å². The summed E-state index contributed by atoms with van der Waals surface area (Å²) in [5, 5.41) is 8.92. The van der Waals surface area contributed by atoms with Crippen LogP contribution < -0.4 is 9.64 Å². The van der Waals surface area contributed by atoms with Gasteiger partial charge in [-0.1, -0.05) is 6.07 Å². The van der Waals surface area contributed by atoms with Crippen molar-refractivity contribution in [2.24, 2.45) is 0 Å². The van der Waals surface area contributed by atoms with Crippen LogP contribution >= 0.6 is 15.9 Å². The van der Waals surface area contributed by atoms with E-state index in [9.17, 15) is 4.79 Å². The van der Waals surface area contributed by atoms with Crippen molar-refractivity contribution < 1.29 is 14.6 Å². The summed E-state index contributed by atoms with van der Waals surface area (Å²) in [7, 11) is 3.91. The van der Waals surface area contributed by atoms with Gasteiger partial charge in [-0.25, -0.2) is 4.79 Å². The van der Waals surface area contributed by atoms with Crippen LogP contribution in [0.25, 0.3) is 0 Å². The standard InChI is InChI=1S/C15H14BrNO3/c1-17(2)11-4-3-5-12(9-11)20-14-7-6-10(15(18)19)8-13(14)16/h3-9H,1-2H3,(H,18,19). The number of rotatable bonds is 4. The van der Waals surface area contributed by atoms with E-state index in [1.54, 1.807) is 6.07 Å². The van der Waals surface area contributed by atoms with Crippen LogP contribution in [0.5, 0.6) is 11.5 Å². The van der Waals surface area contributed by atoms with Crippen LogP contribution in [-0.2, 0) is 0 Å². The Morgan fingerprint density at radius 2 is 1.95 bits per heavy atom. The summed E-state index contributed by atoms with van der Waals surface area (Å²) in [6.07, 6.45) is 0. The molecule has 0 bridgehead atoms. The number of nitrogens with zero attached hydrogens (tertiary/aromatic N) is 1. The fourth-order valence-corrected chi connectivity index (χ4v) is 2.13. The Bertz CT molecular complexity index is 641. The SMILES string of the molecule is CN(C)c1cccc(Oc2ccc(C(=O)O)cc2Br)c1. The normalized spacial score (nSPS) is 10.2. The summed E-state index contributed by atoms with van der Waals surface area (Å²) in [6.45, 7) is 0. The first kappa shape index (κ1) is 14.4. The molecule has 0 saturated heterocycles. The van der Waals surface area contributed by atoms with Gasteiger partial charge in [0.2, 0.25) is 0 Å². The van der Waals surface area contributed by atoms with E-state index in [0.717, 1.165) is 5.69 Å². The van der Waals surface area contributed by atoms with E-state index in [0.29, 0.717) is 16.0 Å². The zero-order valence-corrected chi connectivity index (χ0v) is 12.7. The molecule has 0 aliphatic carbocycles. The first-order valence-electron chi connectivity index (χ1n) is 5.95. The lowest BCUT2D eigenvalue weighted by molar-refractivity contribution is 0.0697. The predicted octanol–water partition coefficient (Wildman–Crippen LogP) is 4.01. The van der Waals surface area contributed by atoms with E-state index < -0.39 is 5.97 Å². The van der Waals surface area contributed by atoms with Gasteiger partial charge in [0.15, 0.2) is 0 Å². The third-order valence-electron chi connectivity index (χ3n) is 2.74. The van der Waals surface area contributed by atoms with Crippen molar-refractivity contribution in [1.29, 1.82) is 0 Å². The highest BCUT2D eigenvalue weighted by atomic mass is 79.9. The molecule has 2 aromatic carbocycles. The maximum Gasteiger partial charge on any atom is 0.335 e. The summed E-state index contributed by atoms with van der Waals surface area (Å²) in [5.41, 5.74) is 1.24. The van der Waals surface area contributed by atoms with Crippen molar-refractivity contribution in [1.82, 2.24) is 0 Å². The second kappa shape index (κ2) is 5.96. The van der Waals surface area contributed by atoms with Crippen LogP contribution in [0.1, 0.15) is 10.4 Å². The summed E-state index contributed by atoms with van der Waals surface area (Å²) in [6, 6.07) is 12.3. The van der Waals surface area contributed by atoms with E-state index in [1.165, 1.54) is 12.1 Å². The second-order valence-corrected chi connectivity index (χ2v) is 5.30. The average molecular weight is 336 g/mol. The van der Waals surface area contributed by atoms with E-state index in [-0.39, 0.29) is 5.56 Å². The molecule has 4 nitrogen and oxygen atoms in total. The lowest BCUT2D eigenvalue weighted by atomic mass is 10.2. The molecule has 0 heterocycles. The van der Waals surface area contributed by atoms with Crippen LogP contribution in [0.2, 0.25) is 0 Å². The van der Waals surface area contributed by atoms with Gasteiger partial charge in [-0.05, 0) is 46.3 Å². The van der Waals surface area contributed by atoms with Gasteiger partial charge in [0.05, 0.1) is 10.0 Å². The monoisotopic (exact) mass is 335 g/mol. The quantitative estimate of drug-likeness (QED) is 0.917. The Morgan fingerprint density at radius 3 is 2.55 bits per heavy atom. The number of hydrogen-bond acceptors (Lipinski definition) is 3. The molecule has 0 amide bonds. The van der Waals surface area contributed by atoms with Gasteiger partial charge in [-0.15, -0.1) is 0 Å². The number of benzene rings is 2. The lowest BCUT2D eigenvalue weighted by Crippen LogP contribution is -2.08. The minimum Gasteiger partial charge on any atom is -0.478 e. The van der Waals surface area contributed by atoms with Gasteiger partial charge >= 0.3 is 5.97 Å². The summed E-state index contributed by atoms with van der Waals surface area (Å²) < 4.78 is 6.37. The molecular weight excluding hydrogens is 322 g/mol. The fourth-order valence-electron chi connectivity index (χ4n) is 1.67. The Balaban J connectivity index is 2.26. The first-order chi connectivity index (χ1) is 9.47. The number of halogens is 1. The molecule has 104 valence electrons. The van der Waals surface area contributed by atoms with Crippen LogP contribution in [0.15, 0.2) is 46.9 Å². The molecule has 0 aliphatic rings. The number of carboxylic acid groups (broad SMARTS) is 1. The van der Waals surface area contributed by atoms with Crippen molar-refractivity contribution in [2.45, 2.75) is 0 Å². The highest BCUT2D eigenvalue weighted by Gasteiger charge is 2.08.